The predicted octanol–water partition coefficient (Wildman–Crippen LogP) is 2.99. The van der Waals surface area contributed by atoms with Crippen LogP contribution in [0.5, 0.6) is 0 Å². The number of anilines is 1. The lowest BCUT2D eigenvalue weighted by molar-refractivity contribution is -0.384. The average molecular weight is 324 g/mol. The smallest absolute Gasteiger partial charge is 0.269 e. The summed E-state index contributed by atoms with van der Waals surface area (Å²) in [7, 11) is 0. The van der Waals surface area contributed by atoms with Crippen LogP contribution < -0.4 is 10.7 Å². The Balaban J connectivity index is 1.68. The minimum absolute atomic E-state index is 0.00387. The Morgan fingerprint density at radius 1 is 1.21 bits per heavy atom. The molecule has 0 radical (unpaired) electrons. The van der Waals surface area contributed by atoms with E-state index >= 15 is 0 Å². The fourth-order valence-electron chi connectivity index (χ4n) is 2.59. The summed E-state index contributed by atoms with van der Waals surface area (Å²) in [6.45, 7) is 1.47. The molecular formula is C17H16N4O3. The Bertz CT molecular complexity index is 798. The summed E-state index contributed by atoms with van der Waals surface area (Å²) in [5.41, 5.74) is 6.72. The molecule has 7 heteroatoms. The fraction of sp³-hybridized carbons (Fsp3) is 0.176. The van der Waals surface area contributed by atoms with E-state index in [1.54, 1.807) is 12.1 Å². The number of hydrogen-bond donors (Lipinski definition) is 2. The van der Waals surface area contributed by atoms with Gasteiger partial charge in [0.1, 0.15) is 0 Å². The molecule has 3 rings (SSSR count). The maximum Gasteiger partial charge on any atom is 0.269 e. The molecule has 0 aromatic heterocycles. The molecule has 2 N–H and O–H groups in total. The molecule has 1 amide bonds. The van der Waals surface area contributed by atoms with Crippen LogP contribution in [-0.2, 0) is 4.79 Å². The van der Waals surface area contributed by atoms with Crippen LogP contribution in [-0.4, -0.2) is 16.5 Å². The van der Waals surface area contributed by atoms with Crippen molar-refractivity contribution >= 4 is 23.0 Å². The maximum absolute atomic E-state index is 11.0. The van der Waals surface area contributed by atoms with Gasteiger partial charge in [-0.25, -0.2) is 0 Å². The molecule has 1 aliphatic rings. The number of carbonyl (C=O) groups excluding carboxylic acids is 1. The second-order valence-corrected chi connectivity index (χ2v) is 5.55. The van der Waals surface area contributed by atoms with Crippen LogP contribution in [0.1, 0.15) is 30.5 Å². The van der Waals surface area contributed by atoms with Gasteiger partial charge in [-0.15, -0.1) is 0 Å². The number of non-ortho nitro benzene ring substituents is 1. The third kappa shape index (κ3) is 3.40. The van der Waals surface area contributed by atoms with Crippen LogP contribution in [0.4, 0.5) is 11.4 Å². The van der Waals surface area contributed by atoms with Crippen LogP contribution >= 0.6 is 0 Å². The summed E-state index contributed by atoms with van der Waals surface area (Å²) < 4.78 is 0. The van der Waals surface area contributed by atoms with Gasteiger partial charge in [0.25, 0.3) is 5.69 Å². The van der Waals surface area contributed by atoms with E-state index in [1.807, 2.05) is 24.3 Å². The molecular weight excluding hydrogens is 308 g/mol. The minimum Gasteiger partial charge on any atom is -0.326 e. The maximum atomic E-state index is 11.0. The summed E-state index contributed by atoms with van der Waals surface area (Å²) in [5.74, 6) is -0.110. The fourth-order valence-corrected chi connectivity index (χ4v) is 2.59. The van der Waals surface area contributed by atoms with Crippen LogP contribution in [0.15, 0.2) is 53.6 Å². The number of amides is 1. The first-order chi connectivity index (χ1) is 11.5. The molecule has 1 unspecified atom stereocenters. The molecule has 0 saturated carbocycles. The van der Waals surface area contributed by atoms with Crippen LogP contribution in [0.2, 0.25) is 0 Å². The van der Waals surface area contributed by atoms with E-state index < -0.39 is 4.92 Å². The zero-order valence-electron chi connectivity index (χ0n) is 13.0. The summed E-state index contributed by atoms with van der Waals surface area (Å²) in [5, 5.41) is 17.8. The van der Waals surface area contributed by atoms with Crippen molar-refractivity contribution in [2.24, 2.45) is 5.10 Å². The third-order valence-corrected chi connectivity index (χ3v) is 3.80. The van der Waals surface area contributed by atoms with E-state index in [0.717, 1.165) is 22.5 Å². The predicted molar refractivity (Wildman–Crippen MR) is 90.9 cm³/mol. The van der Waals surface area contributed by atoms with Crippen molar-refractivity contribution in [3.63, 3.8) is 0 Å². The molecule has 0 aliphatic carbocycles. The lowest BCUT2D eigenvalue weighted by Gasteiger charge is -2.09. The molecule has 0 bridgehead atoms. The van der Waals surface area contributed by atoms with Gasteiger partial charge in [-0.2, -0.15) is 5.10 Å². The lowest BCUT2D eigenvalue weighted by Crippen LogP contribution is -2.10. The zero-order valence-corrected chi connectivity index (χ0v) is 13.0. The van der Waals surface area contributed by atoms with Gasteiger partial charge in [-0.3, -0.25) is 14.9 Å². The zero-order chi connectivity index (χ0) is 17.1. The lowest BCUT2D eigenvalue weighted by atomic mass is 9.99. The number of nitro benzene ring substituents is 1. The molecule has 24 heavy (non-hydrogen) atoms. The number of nitrogens with one attached hydrogen (secondary N) is 2. The quantitative estimate of drug-likeness (QED) is 0.667. The SMILES string of the molecule is CC(=O)Nc1ccc(C2=NNC(c3ccc([N+](=O)[O-])cc3)C2)cc1. The van der Waals surface area contributed by atoms with Gasteiger partial charge in [0.15, 0.2) is 0 Å². The number of rotatable bonds is 4. The van der Waals surface area contributed by atoms with Crippen LogP contribution in [0.3, 0.4) is 0 Å². The van der Waals surface area contributed by atoms with E-state index in [4.69, 9.17) is 0 Å². The van der Waals surface area contributed by atoms with Crippen molar-refractivity contribution in [3.05, 3.63) is 69.8 Å². The molecule has 7 nitrogen and oxygen atoms in total. The summed E-state index contributed by atoms with van der Waals surface area (Å²) in [6.07, 6.45) is 0.692. The van der Waals surface area contributed by atoms with Crippen molar-refractivity contribution in [2.45, 2.75) is 19.4 Å². The molecule has 2 aromatic rings. The third-order valence-electron chi connectivity index (χ3n) is 3.80. The first-order valence-electron chi connectivity index (χ1n) is 7.47. The number of benzene rings is 2. The molecule has 0 spiro atoms. The van der Waals surface area contributed by atoms with Gasteiger partial charge >= 0.3 is 0 Å². The van der Waals surface area contributed by atoms with E-state index in [9.17, 15) is 14.9 Å². The number of carbonyl (C=O) groups is 1. The molecule has 122 valence electrons. The monoisotopic (exact) mass is 324 g/mol. The van der Waals surface area contributed by atoms with Crippen molar-refractivity contribution in [2.75, 3.05) is 5.32 Å². The highest BCUT2D eigenvalue weighted by Gasteiger charge is 2.21. The number of hydrazone groups is 1. The normalized spacial score (nSPS) is 16.2. The topological polar surface area (TPSA) is 96.6 Å². The van der Waals surface area contributed by atoms with E-state index in [-0.39, 0.29) is 17.6 Å². The first kappa shape index (κ1) is 15.7. The van der Waals surface area contributed by atoms with Gasteiger partial charge in [-0.1, -0.05) is 24.3 Å². The Kier molecular flexibility index (Phi) is 4.24. The second kappa shape index (κ2) is 6.49. The Labute approximate surface area is 138 Å². The van der Waals surface area contributed by atoms with Crippen molar-refractivity contribution in [1.29, 1.82) is 0 Å². The van der Waals surface area contributed by atoms with E-state index in [0.29, 0.717) is 6.42 Å². The van der Waals surface area contributed by atoms with Crippen molar-refractivity contribution in [3.8, 4) is 0 Å². The Hall–Kier alpha value is -3.22. The molecule has 1 atom stereocenters. The highest BCUT2D eigenvalue weighted by Crippen LogP contribution is 2.26. The van der Waals surface area contributed by atoms with Gasteiger partial charge in [0, 0.05) is 31.2 Å². The van der Waals surface area contributed by atoms with Gasteiger partial charge < -0.3 is 10.7 Å². The molecule has 1 heterocycles. The number of nitro groups is 1. The molecule has 1 aliphatic heterocycles. The van der Waals surface area contributed by atoms with Gasteiger partial charge in [0.2, 0.25) is 5.91 Å². The second-order valence-electron chi connectivity index (χ2n) is 5.55. The van der Waals surface area contributed by atoms with Crippen molar-refractivity contribution in [1.82, 2.24) is 5.43 Å². The Morgan fingerprint density at radius 3 is 2.46 bits per heavy atom. The van der Waals surface area contributed by atoms with E-state index in [1.165, 1.54) is 19.1 Å². The van der Waals surface area contributed by atoms with Gasteiger partial charge in [-0.05, 0) is 23.3 Å². The van der Waals surface area contributed by atoms with Crippen molar-refractivity contribution < 1.29 is 9.72 Å². The minimum atomic E-state index is -0.412. The Morgan fingerprint density at radius 2 is 1.88 bits per heavy atom. The summed E-state index contributed by atoms with van der Waals surface area (Å²) in [4.78, 5) is 21.3. The standard InChI is InChI=1S/C17H16N4O3/c1-11(22)18-14-6-2-12(3-7-14)16-10-17(20-19-16)13-4-8-15(9-5-13)21(23)24/h2-9,17,20H,10H2,1H3,(H,18,22). The number of nitrogens with zero attached hydrogens (tertiary/aromatic N) is 2. The highest BCUT2D eigenvalue weighted by molar-refractivity contribution is 6.02. The molecule has 0 fully saturated rings. The summed E-state index contributed by atoms with van der Waals surface area (Å²) >= 11 is 0. The van der Waals surface area contributed by atoms with Crippen LogP contribution in [0, 0.1) is 10.1 Å². The number of hydrogen-bond acceptors (Lipinski definition) is 5. The van der Waals surface area contributed by atoms with Gasteiger partial charge in [0.05, 0.1) is 16.7 Å². The molecule has 0 saturated heterocycles. The summed E-state index contributed by atoms with van der Waals surface area (Å²) in [6, 6.07) is 14.0. The van der Waals surface area contributed by atoms with Crippen LogP contribution in [0.25, 0.3) is 0 Å². The molecule has 2 aromatic carbocycles. The van der Waals surface area contributed by atoms with E-state index in [2.05, 4.69) is 15.8 Å². The average Bonchev–Trinajstić information content (AvgIpc) is 3.05. The largest absolute Gasteiger partial charge is 0.326 e. The highest BCUT2D eigenvalue weighted by atomic mass is 16.6. The first-order valence-corrected chi connectivity index (χ1v) is 7.47.